The average Bonchev–Trinajstić information content (AvgIpc) is 1.84. The Labute approximate surface area is 62.9 Å². The molecule has 0 rings (SSSR count). The van der Waals surface area contributed by atoms with Crippen molar-refractivity contribution in [2.45, 2.75) is 12.5 Å². The van der Waals surface area contributed by atoms with Gasteiger partial charge in [-0.05, 0) is 0 Å². The van der Waals surface area contributed by atoms with E-state index in [0.717, 1.165) is 0 Å². The van der Waals surface area contributed by atoms with Gasteiger partial charge in [0, 0.05) is 0 Å². The van der Waals surface area contributed by atoms with E-state index in [0.29, 0.717) is 0 Å². The summed E-state index contributed by atoms with van der Waals surface area (Å²) in [6, 6.07) is -0.898. The van der Waals surface area contributed by atoms with Gasteiger partial charge in [-0.25, -0.2) is 4.39 Å². The minimum Gasteiger partial charge on any atom is -0.481 e. The number of nitrogens with one attached hydrogen (secondary N) is 2. The molecular formula is C5H10FN3O2. The Morgan fingerprint density at radius 1 is 1.82 bits per heavy atom. The van der Waals surface area contributed by atoms with Crippen molar-refractivity contribution in [1.29, 1.82) is 5.41 Å². The lowest BCUT2D eigenvalue weighted by molar-refractivity contribution is -0.137. The highest BCUT2D eigenvalue weighted by Gasteiger charge is 2.12. The van der Waals surface area contributed by atoms with Gasteiger partial charge in [-0.15, -0.1) is 0 Å². The number of hydrogen-bond donors (Lipinski definition) is 4. The summed E-state index contributed by atoms with van der Waals surface area (Å²) < 4.78 is 11.9. The molecule has 0 aliphatic heterocycles. The van der Waals surface area contributed by atoms with Crippen molar-refractivity contribution in [3.8, 4) is 0 Å². The van der Waals surface area contributed by atoms with E-state index in [1.165, 1.54) is 0 Å². The number of guanidine groups is 1. The second-order valence-electron chi connectivity index (χ2n) is 2.01. The number of carbonyl (C=O) groups is 1. The van der Waals surface area contributed by atoms with Crippen LogP contribution in [-0.4, -0.2) is 29.8 Å². The van der Waals surface area contributed by atoms with Crippen LogP contribution in [0.4, 0.5) is 4.39 Å². The van der Waals surface area contributed by atoms with Gasteiger partial charge in [0.25, 0.3) is 0 Å². The third-order valence-electron chi connectivity index (χ3n) is 0.967. The van der Waals surface area contributed by atoms with Crippen molar-refractivity contribution in [2.75, 3.05) is 6.67 Å². The van der Waals surface area contributed by atoms with E-state index in [-0.39, 0.29) is 6.42 Å². The summed E-state index contributed by atoms with van der Waals surface area (Å²) >= 11 is 0. The smallest absolute Gasteiger partial charge is 0.305 e. The minimum atomic E-state index is -1.12. The van der Waals surface area contributed by atoms with E-state index < -0.39 is 24.6 Å². The average molecular weight is 163 g/mol. The zero-order valence-corrected chi connectivity index (χ0v) is 5.80. The van der Waals surface area contributed by atoms with Crippen LogP contribution in [0.15, 0.2) is 0 Å². The summed E-state index contributed by atoms with van der Waals surface area (Å²) in [5.41, 5.74) is 4.86. The van der Waals surface area contributed by atoms with Gasteiger partial charge in [0.1, 0.15) is 6.67 Å². The highest BCUT2D eigenvalue weighted by molar-refractivity contribution is 5.76. The molecule has 0 aromatic heterocycles. The van der Waals surface area contributed by atoms with Gasteiger partial charge < -0.3 is 16.2 Å². The third-order valence-corrected chi connectivity index (χ3v) is 0.967. The molecule has 0 saturated carbocycles. The molecule has 0 spiro atoms. The van der Waals surface area contributed by atoms with Crippen molar-refractivity contribution >= 4 is 11.9 Å². The molecule has 0 aromatic rings. The molecular weight excluding hydrogens is 153 g/mol. The molecule has 1 atom stereocenters. The first kappa shape index (κ1) is 9.67. The van der Waals surface area contributed by atoms with Crippen molar-refractivity contribution in [1.82, 2.24) is 5.32 Å². The van der Waals surface area contributed by atoms with Gasteiger partial charge in [0.2, 0.25) is 0 Å². The molecule has 0 amide bonds. The maximum Gasteiger partial charge on any atom is 0.305 e. The van der Waals surface area contributed by atoms with Crippen molar-refractivity contribution in [3.63, 3.8) is 0 Å². The van der Waals surface area contributed by atoms with Crippen LogP contribution in [0.1, 0.15) is 6.42 Å². The summed E-state index contributed by atoms with van der Waals surface area (Å²) in [6.07, 6.45) is -0.379. The lowest BCUT2D eigenvalue weighted by Gasteiger charge is -2.11. The summed E-state index contributed by atoms with van der Waals surface area (Å²) in [5.74, 6) is -1.55. The Bertz CT molecular complexity index is 146. The molecule has 0 aliphatic rings. The molecule has 0 bridgehead atoms. The maximum absolute atomic E-state index is 11.9. The number of carboxylic acids is 1. The standard InChI is InChI=1S/C5H10FN3O2/c6-2-3(1-4(10)11)9-5(7)8/h3H,1-2H2,(H,10,11)(H4,7,8,9). The molecule has 11 heavy (non-hydrogen) atoms. The Balaban J connectivity index is 3.76. The summed E-state index contributed by atoms with van der Waals surface area (Å²) in [7, 11) is 0. The Kier molecular flexibility index (Phi) is 3.94. The zero-order valence-electron chi connectivity index (χ0n) is 5.80. The molecule has 0 aliphatic carbocycles. The van der Waals surface area contributed by atoms with Crippen molar-refractivity contribution in [3.05, 3.63) is 0 Å². The molecule has 0 saturated heterocycles. The van der Waals surface area contributed by atoms with E-state index in [1.807, 2.05) is 0 Å². The molecule has 0 radical (unpaired) electrons. The van der Waals surface area contributed by atoms with Crippen LogP contribution in [0.25, 0.3) is 0 Å². The van der Waals surface area contributed by atoms with E-state index in [9.17, 15) is 9.18 Å². The first-order valence-electron chi connectivity index (χ1n) is 2.94. The number of rotatable bonds is 4. The fourth-order valence-electron chi connectivity index (χ4n) is 0.575. The van der Waals surface area contributed by atoms with Gasteiger partial charge in [-0.1, -0.05) is 0 Å². The number of alkyl halides is 1. The molecule has 0 heterocycles. The second kappa shape index (κ2) is 4.48. The number of hydrogen-bond acceptors (Lipinski definition) is 2. The van der Waals surface area contributed by atoms with Crippen LogP contribution in [0.2, 0.25) is 0 Å². The van der Waals surface area contributed by atoms with Crippen LogP contribution >= 0.6 is 0 Å². The van der Waals surface area contributed by atoms with E-state index in [4.69, 9.17) is 16.2 Å². The Hall–Kier alpha value is -1.33. The monoisotopic (exact) mass is 163 g/mol. The topological polar surface area (TPSA) is 99.2 Å². The van der Waals surface area contributed by atoms with Gasteiger partial charge in [0.05, 0.1) is 12.5 Å². The second-order valence-corrected chi connectivity index (χ2v) is 2.01. The minimum absolute atomic E-state index is 0.379. The molecule has 0 aromatic carbocycles. The quantitative estimate of drug-likeness (QED) is 0.324. The van der Waals surface area contributed by atoms with Crippen LogP contribution in [0, 0.1) is 5.41 Å². The fraction of sp³-hybridized carbons (Fsp3) is 0.600. The van der Waals surface area contributed by atoms with Crippen LogP contribution in [0.5, 0.6) is 0 Å². The molecule has 1 unspecified atom stereocenters. The number of carboxylic acid groups (broad SMARTS) is 1. The molecule has 6 heteroatoms. The maximum atomic E-state index is 11.9. The highest BCUT2D eigenvalue weighted by Crippen LogP contribution is 1.91. The third kappa shape index (κ3) is 5.13. The fourth-order valence-corrected chi connectivity index (χ4v) is 0.575. The molecule has 5 N–H and O–H groups in total. The van der Waals surface area contributed by atoms with Crippen molar-refractivity contribution in [2.24, 2.45) is 5.73 Å². The predicted octanol–water partition coefficient (Wildman–Crippen LogP) is -0.718. The number of nitrogens with two attached hydrogens (primary N) is 1. The van der Waals surface area contributed by atoms with E-state index in [1.54, 1.807) is 0 Å². The van der Waals surface area contributed by atoms with E-state index in [2.05, 4.69) is 5.32 Å². The summed E-state index contributed by atoms with van der Waals surface area (Å²) in [5, 5.41) is 17.1. The summed E-state index contributed by atoms with van der Waals surface area (Å²) in [6.45, 7) is -0.855. The van der Waals surface area contributed by atoms with Gasteiger partial charge in [-0.2, -0.15) is 0 Å². The Morgan fingerprint density at radius 3 is 2.64 bits per heavy atom. The first-order chi connectivity index (χ1) is 5.06. The Morgan fingerprint density at radius 2 is 2.36 bits per heavy atom. The highest BCUT2D eigenvalue weighted by atomic mass is 19.1. The first-order valence-corrected chi connectivity index (χ1v) is 2.94. The van der Waals surface area contributed by atoms with Crippen molar-refractivity contribution < 1.29 is 14.3 Å². The molecule has 64 valence electrons. The largest absolute Gasteiger partial charge is 0.481 e. The lowest BCUT2D eigenvalue weighted by atomic mass is 10.2. The van der Waals surface area contributed by atoms with Crippen LogP contribution < -0.4 is 11.1 Å². The van der Waals surface area contributed by atoms with Gasteiger partial charge in [0.15, 0.2) is 5.96 Å². The SMILES string of the molecule is N=C(N)NC(CF)CC(=O)O. The summed E-state index contributed by atoms with van der Waals surface area (Å²) in [4.78, 5) is 10.0. The van der Waals surface area contributed by atoms with Crippen LogP contribution in [-0.2, 0) is 4.79 Å². The van der Waals surface area contributed by atoms with Gasteiger partial charge in [-0.3, -0.25) is 10.2 Å². The van der Waals surface area contributed by atoms with Gasteiger partial charge >= 0.3 is 5.97 Å². The number of halogens is 1. The molecule has 5 nitrogen and oxygen atoms in total. The van der Waals surface area contributed by atoms with E-state index >= 15 is 0 Å². The lowest BCUT2D eigenvalue weighted by Crippen LogP contribution is -2.41. The predicted molar refractivity (Wildman–Crippen MR) is 37.1 cm³/mol. The zero-order chi connectivity index (χ0) is 8.85. The molecule has 0 fully saturated rings. The van der Waals surface area contributed by atoms with Crippen LogP contribution in [0.3, 0.4) is 0 Å². The number of aliphatic carboxylic acids is 1. The normalized spacial score (nSPS) is 12.1.